The minimum Gasteiger partial charge on any atom is -0.340 e. The average molecular weight is 363 g/mol. The third-order valence-electron chi connectivity index (χ3n) is 6.60. The molecular formula is C19H30N4OS. The Balaban J connectivity index is 1.53. The number of amides is 1. The summed E-state index contributed by atoms with van der Waals surface area (Å²) in [6, 6.07) is 1.20. The summed E-state index contributed by atoms with van der Waals surface area (Å²) >= 11 is 1.82. The highest BCUT2D eigenvalue weighted by Gasteiger charge is 2.40. The fourth-order valence-electron chi connectivity index (χ4n) is 4.21. The van der Waals surface area contributed by atoms with E-state index in [2.05, 4.69) is 42.8 Å². The molecule has 2 saturated heterocycles. The Morgan fingerprint density at radius 2 is 1.96 bits per heavy atom. The molecule has 1 aromatic rings. The van der Waals surface area contributed by atoms with Gasteiger partial charge in [-0.3, -0.25) is 4.79 Å². The minimum atomic E-state index is -0.303. The Bertz CT molecular complexity index is 652. The smallest absolute Gasteiger partial charge is 0.228 e. The van der Waals surface area contributed by atoms with Gasteiger partial charge in [0.15, 0.2) is 5.13 Å². The fourth-order valence-corrected chi connectivity index (χ4v) is 5.48. The van der Waals surface area contributed by atoms with Crippen LogP contribution in [0.3, 0.4) is 0 Å². The lowest BCUT2D eigenvalue weighted by Crippen LogP contribution is -2.51. The standard InChI is InChI=1S/C19H30N4OS/c1-12(2)19(3,4)17(24)22-8-7-15-16(11-22)25-18(21-15)23-13-5-6-14(23)10-20-9-13/h12-14,20H,5-11H2,1-4H3. The van der Waals surface area contributed by atoms with Crippen molar-refractivity contribution in [2.24, 2.45) is 11.3 Å². The lowest BCUT2D eigenvalue weighted by molar-refractivity contribution is -0.143. The molecule has 3 aliphatic heterocycles. The van der Waals surface area contributed by atoms with Crippen molar-refractivity contribution in [2.75, 3.05) is 24.5 Å². The number of nitrogens with one attached hydrogen (secondary N) is 1. The van der Waals surface area contributed by atoms with Gasteiger partial charge in [-0.25, -0.2) is 4.98 Å². The number of thiazole rings is 1. The van der Waals surface area contributed by atoms with Crippen LogP contribution in [0.25, 0.3) is 0 Å². The second-order valence-corrected chi connectivity index (χ2v) is 9.73. The third-order valence-corrected chi connectivity index (χ3v) is 7.70. The summed E-state index contributed by atoms with van der Waals surface area (Å²) in [5.41, 5.74) is 0.923. The van der Waals surface area contributed by atoms with Crippen LogP contribution >= 0.6 is 11.3 Å². The van der Waals surface area contributed by atoms with Crippen LogP contribution in [0, 0.1) is 11.3 Å². The molecular weight excluding hydrogens is 332 g/mol. The monoisotopic (exact) mass is 362 g/mol. The van der Waals surface area contributed by atoms with Gasteiger partial charge < -0.3 is 15.1 Å². The summed E-state index contributed by atoms with van der Waals surface area (Å²) in [4.78, 5) is 23.9. The van der Waals surface area contributed by atoms with Gasteiger partial charge in [-0.2, -0.15) is 0 Å². The zero-order valence-corrected chi connectivity index (χ0v) is 16.7. The van der Waals surface area contributed by atoms with Crippen molar-refractivity contribution in [3.05, 3.63) is 10.6 Å². The van der Waals surface area contributed by atoms with E-state index in [0.29, 0.717) is 18.0 Å². The Morgan fingerprint density at radius 3 is 2.60 bits per heavy atom. The first-order valence-electron chi connectivity index (χ1n) is 9.65. The highest BCUT2D eigenvalue weighted by atomic mass is 32.1. The molecule has 2 bridgehead atoms. The van der Waals surface area contributed by atoms with E-state index in [1.165, 1.54) is 28.5 Å². The van der Waals surface area contributed by atoms with E-state index in [0.717, 1.165) is 32.6 Å². The van der Waals surface area contributed by atoms with E-state index >= 15 is 0 Å². The van der Waals surface area contributed by atoms with Gasteiger partial charge in [0.1, 0.15) is 0 Å². The molecule has 4 heterocycles. The molecule has 1 aromatic heterocycles. The van der Waals surface area contributed by atoms with Crippen molar-refractivity contribution in [3.8, 4) is 0 Å². The van der Waals surface area contributed by atoms with Gasteiger partial charge in [-0.05, 0) is 18.8 Å². The number of hydrogen-bond acceptors (Lipinski definition) is 5. The van der Waals surface area contributed by atoms with Gasteiger partial charge in [0.25, 0.3) is 0 Å². The average Bonchev–Trinajstić information content (AvgIpc) is 3.10. The van der Waals surface area contributed by atoms with Gasteiger partial charge in [-0.1, -0.05) is 39.0 Å². The van der Waals surface area contributed by atoms with E-state index in [1.54, 1.807) is 0 Å². The molecule has 0 saturated carbocycles. The van der Waals surface area contributed by atoms with Crippen LogP contribution in [-0.4, -0.2) is 47.5 Å². The molecule has 3 aliphatic rings. The minimum absolute atomic E-state index is 0.283. The van der Waals surface area contributed by atoms with Gasteiger partial charge in [0, 0.05) is 48.4 Å². The summed E-state index contributed by atoms with van der Waals surface area (Å²) in [6.07, 6.45) is 3.44. The highest BCUT2D eigenvalue weighted by molar-refractivity contribution is 7.15. The molecule has 6 heteroatoms. The molecule has 0 aromatic carbocycles. The second kappa shape index (κ2) is 6.23. The molecule has 2 atom stereocenters. The molecule has 138 valence electrons. The van der Waals surface area contributed by atoms with Gasteiger partial charge in [0.05, 0.1) is 12.2 Å². The van der Waals surface area contributed by atoms with Crippen molar-refractivity contribution in [1.29, 1.82) is 0 Å². The Kier molecular flexibility index (Phi) is 4.31. The van der Waals surface area contributed by atoms with Crippen LogP contribution in [-0.2, 0) is 17.8 Å². The normalized spacial score (nSPS) is 26.3. The first-order chi connectivity index (χ1) is 11.9. The van der Waals surface area contributed by atoms with Crippen LogP contribution in [0.5, 0.6) is 0 Å². The summed E-state index contributed by atoms with van der Waals surface area (Å²) < 4.78 is 0. The van der Waals surface area contributed by atoms with Gasteiger partial charge in [-0.15, -0.1) is 0 Å². The van der Waals surface area contributed by atoms with Crippen LogP contribution in [0.2, 0.25) is 0 Å². The van der Waals surface area contributed by atoms with Crippen LogP contribution in [0.4, 0.5) is 5.13 Å². The zero-order chi connectivity index (χ0) is 17.8. The number of carbonyl (C=O) groups excluding carboxylic acids is 1. The Hall–Kier alpha value is -1.14. The summed E-state index contributed by atoms with van der Waals surface area (Å²) in [5, 5.41) is 4.73. The van der Waals surface area contributed by atoms with Crippen molar-refractivity contribution < 1.29 is 4.79 Å². The van der Waals surface area contributed by atoms with E-state index in [1.807, 2.05) is 11.3 Å². The van der Waals surface area contributed by atoms with E-state index in [-0.39, 0.29) is 11.3 Å². The molecule has 0 radical (unpaired) electrons. The third kappa shape index (κ3) is 2.87. The number of piperazine rings is 1. The van der Waals surface area contributed by atoms with Gasteiger partial charge in [0.2, 0.25) is 5.91 Å². The van der Waals surface area contributed by atoms with Crippen molar-refractivity contribution in [1.82, 2.24) is 15.2 Å². The van der Waals surface area contributed by atoms with E-state index in [9.17, 15) is 4.79 Å². The quantitative estimate of drug-likeness (QED) is 0.898. The Morgan fingerprint density at radius 1 is 1.28 bits per heavy atom. The first-order valence-corrected chi connectivity index (χ1v) is 10.5. The molecule has 0 spiro atoms. The predicted molar refractivity (Wildman–Crippen MR) is 102 cm³/mol. The largest absolute Gasteiger partial charge is 0.340 e. The van der Waals surface area contributed by atoms with E-state index < -0.39 is 0 Å². The summed E-state index contributed by atoms with van der Waals surface area (Å²) in [5.74, 6) is 0.625. The topological polar surface area (TPSA) is 48.5 Å². The van der Waals surface area contributed by atoms with E-state index in [4.69, 9.17) is 4.98 Å². The molecule has 1 N–H and O–H groups in total. The van der Waals surface area contributed by atoms with Crippen molar-refractivity contribution in [2.45, 2.75) is 65.6 Å². The molecule has 0 aliphatic carbocycles. The SMILES string of the molecule is CC(C)C(C)(C)C(=O)N1CCc2nc(N3C4CCC3CNC4)sc2C1. The molecule has 2 fully saturated rings. The Labute approximate surface area is 154 Å². The summed E-state index contributed by atoms with van der Waals surface area (Å²) in [6.45, 7) is 12.1. The second-order valence-electron chi connectivity index (χ2n) is 8.67. The maximum absolute atomic E-state index is 13.0. The lowest BCUT2D eigenvalue weighted by Gasteiger charge is -2.36. The number of hydrogen-bond donors (Lipinski definition) is 1. The number of aromatic nitrogens is 1. The van der Waals surface area contributed by atoms with Crippen LogP contribution < -0.4 is 10.2 Å². The van der Waals surface area contributed by atoms with Crippen LogP contribution in [0.15, 0.2) is 0 Å². The molecule has 1 amide bonds. The summed E-state index contributed by atoms with van der Waals surface area (Å²) in [7, 11) is 0. The highest BCUT2D eigenvalue weighted by Crippen LogP contribution is 2.39. The molecule has 2 unspecified atom stereocenters. The fraction of sp³-hybridized carbons (Fsp3) is 0.789. The van der Waals surface area contributed by atoms with Crippen LogP contribution in [0.1, 0.15) is 51.1 Å². The molecule has 25 heavy (non-hydrogen) atoms. The number of fused-ring (bicyclic) bond motifs is 3. The number of nitrogens with zero attached hydrogens (tertiary/aromatic N) is 3. The number of carbonyl (C=O) groups is 1. The lowest BCUT2D eigenvalue weighted by atomic mass is 9.79. The predicted octanol–water partition coefficient (Wildman–Crippen LogP) is 2.65. The molecule has 5 nitrogen and oxygen atoms in total. The molecule has 4 rings (SSSR count). The van der Waals surface area contributed by atoms with Crippen molar-refractivity contribution in [3.63, 3.8) is 0 Å². The maximum Gasteiger partial charge on any atom is 0.228 e. The first kappa shape index (κ1) is 17.3. The van der Waals surface area contributed by atoms with Gasteiger partial charge >= 0.3 is 0 Å². The number of rotatable bonds is 3. The maximum atomic E-state index is 13.0. The number of anilines is 1. The van der Waals surface area contributed by atoms with Crippen molar-refractivity contribution >= 4 is 22.4 Å². The zero-order valence-electron chi connectivity index (χ0n) is 15.8.